The molecule has 7 heteroatoms. The van der Waals surface area contributed by atoms with E-state index in [-0.39, 0.29) is 5.91 Å². The van der Waals surface area contributed by atoms with E-state index in [0.29, 0.717) is 26.2 Å². The molecule has 0 spiro atoms. The fourth-order valence-corrected chi connectivity index (χ4v) is 4.01. The maximum Gasteiger partial charge on any atom is 0.314 e. The van der Waals surface area contributed by atoms with Crippen LogP contribution in [0.2, 0.25) is 0 Å². The minimum absolute atomic E-state index is 0.0267. The summed E-state index contributed by atoms with van der Waals surface area (Å²) in [4.78, 5) is 28.5. The van der Waals surface area contributed by atoms with E-state index in [1.807, 2.05) is 30.2 Å². The summed E-state index contributed by atoms with van der Waals surface area (Å²) >= 11 is 1.46. The maximum absolute atomic E-state index is 13.0. The Morgan fingerprint density at radius 2 is 1.62 bits per heavy atom. The van der Waals surface area contributed by atoms with Gasteiger partial charge in [-0.15, -0.1) is 11.3 Å². The Bertz CT molecular complexity index is 745. The first kappa shape index (κ1) is 16.6. The van der Waals surface area contributed by atoms with Crippen molar-refractivity contribution in [1.29, 1.82) is 0 Å². The van der Waals surface area contributed by atoms with Gasteiger partial charge in [-0.2, -0.15) is 0 Å². The third kappa shape index (κ3) is 3.03. The zero-order valence-electron chi connectivity index (χ0n) is 14.0. The van der Waals surface area contributed by atoms with E-state index in [1.165, 1.54) is 11.3 Å². The zero-order valence-corrected chi connectivity index (χ0v) is 14.8. The summed E-state index contributed by atoms with van der Waals surface area (Å²) < 4.78 is 2.11. The molecule has 3 rings (SSSR count). The monoisotopic (exact) mass is 346 g/mol. The van der Waals surface area contributed by atoms with Crippen LogP contribution in [0.4, 0.5) is 4.79 Å². The SMILES string of the molecule is Cc1ccc(C)n1-c1ccsc1C(=O)N1CCCN(C(N)=O)CC1. The van der Waals surface area contributed by atoms with Gasteiger partial charge in [-0.1, -0.05) is 0 Å². The number of nitrogens with two attached hydrogens (primary N) is 1. The van der Waals surface area contributed by atoms with Crippen LogP contribution >= 0.6 is 11.3 Å². The number of rotatable bonds is 2. The summed E-state index contributed by atoms with van der Waals surface area (Å²) in [5.74, 6) is 0.0267. The number of aromatic nitrogens is 1. The molecule has 2 aromatic heterocycles. The molecule has 24 heavy (non-hydrogen) atoms. The zero-order chi connectivity index (χ0) is 17.3. The molecule has 1 saturated heterocycles. The molecule has 1 aliphatic rings. The number of nitrogens with zero attached hydrogens (tertiary/aromatic N) is 3. The van der Waals surface area contributed by atoms with Crippen LogP contribution in [0.1, 0.15) is 27.5 Å². The summed E-state index contributed by atoms with van der Waals surface area (Å²) in [7, 11) is 0. The van der Waals surface area contributed by atoms with Gasteiger partial charge in [0.05, 0.1) is 5.69 Å². The number of carbonyl (C=O) groups is 2. The first-order valence-corrected chi connectivity index (χ1v) is 8.93. The highest BCUT2D eigenvalue weighted by molar-refractivity contribution is 7.12. The van der Waals surface area contributed by atoms with E-state index in [1.54, 1.807) is 4.90 Å². The highest BCUT2D eigenvalue weighted by Gasteiger charge is 2.25. The van der Waals surface area contributed by atoms with Crippen molar-refractivity contribution in [3.63, 3.8) is 0 Å². The largest absolute Gasteiger partial charge is 0.351 e. The van der Waals surface area contributed by atoms with Crippen LogP contribution in [0.3, 0.4) is 0 Å². The third-order valence-electron chi connectivity index (χ3n) is 4.45. The van der Waals surface area contributed by atoms with Crippen LogP contribution in [0.25, 0.3) is 5.69 Å². The van der Waals surface area contributed by atoms with Crippen molar-refractivity contribution in [2.45, 2.75) is 20.3 Å². The minimum atomic E-state index is -0.417. The van der Waals surface area contributed by atoms with E-state index < -0.39 is 6.03 Å². The van der Waals surface area contributed by atoms with E-state index in [2.05, 4.69) is 16.7 Å². The van der Waals surface area contributed by atoms with Crippen molar-refractivity contribution >= 4 is 23.3 Å². The van der Waals surface area contributed by atoms with Crippen LogP contribution in [0, 0.1) is 13.8 Å². The molecule has 0 aromatic carbocycles. The van der Waals surface area contributed by atoms with Gasteiger partial charge in [0.15, 0.2) is 0 Å². The van der Waals surface area contributed by atoms with Crippen LogP contribution in [0.15, 0.2) is 23.6 Å². The van der Waals surface area contributed by atoms with E-state index in [9.17, 15) is 9.59 Å². The lowest BCUT2D eigenvalue weighted by Gasteiger charge is -2.21. The Morgan fingerprint density at radius 1 is 1.00 bits per heavy atom. The Labute approximate surface area is 145 Å². The molecule has 3 amide bonds. The van der Waals surface area contributed by atoms with Crippen LogP contribution in [-0.2, 0) is 0 Å². The van der Waals surface area contributed by atoms with Crippen molar-refractivity contribution in [3.05, 3.63) is 39.8 Å². The van der Waals surface area contributed by atoms with Gasteiger partial charge in [0, 0.05) is 37.6 Å². The lowest BCUT2D eigenvalue weighted by Crippen LogP contribution is -2.39. The highest BCUT2D eigenvalue weighted by Crippen LogP contribution is 2.26. The second-order valence-electron chi connectivity index (χ2n) is 6.06. The van der Waals surface area contributed by atoms with Gasteiger partial charge in [0.2, 0.25) is 0 Å². The molecule has 128 valence electrons. The van der Waals surface area contributed by atoms with Crippen molar-refractivity contribution in [3.8, 4) is 5.69 Å². The second-order valence-corrected chi connectivity index (χ2v) is 6.97. The van der Waals surface area contributed by atoms with Crippen LogP contribution in [0.5, 0.6) is 0 Å². The van der Waals surface area contributed by atoms with E-state index in [0.717, 1.165) is 28.4 Å². The molecule has 2 aromatic rings. The second kappa shape index (κ2) is 6.68. The number of amides is 3. The van der Waals surface area contributed by atoms with Gasteiger partial charge in [-0.05, 0) is 43.8 Å². The predicted octanol–water partition coefficient (Wildman–Crippen LogP) is 2.38. The number of carbonyl (C=O) groups excluding carboxylic acids is 2. The molecule has 1 fully saturated rings. The molecule has 1 aliphatic heterocycles. The Balaban J connectivity index is 1.84. The third-order valence-corrected chi connectivity index (χ3v) is 5.34. The normalized spacial score (nSPS) is 15.4. The fourth-order valence-electron chi connectivity index (χ4n) is 3.17. The molecule has 0 bridgehead atoms. The molecular formula is C17H22N4O2S. The van der Waals surface area contributed by atoms with Gasteiger partial charge in [0.1, 0.15) is 4.88 Å². The fraction of sp³-hybridized carbons (Fsp3) is 0.412. The van der Waals surface area contributed by atoms with Crippen molar-refractivity contribution in [2.24, 2.45) is 5.73 Å². The molecule has 0 unspecified atom stereocenters. The molecule has 0 saturated carbocycles. The molecule has 6 nitrogen and oxygen atoms in total. The molecule has 0 atom stereocenters. The number of primary amides is 1. The van der Waals surface area contributed by atoms with Gasteiger partial charge in [0.25, 0.3) is 5.91 Å². The summed E-state index contributed by atoms with van der Waals surface area (Å²) in [6.07, 6.45) is 0.747. The van der Waals surface area contributed by atoms with Gasteiger partial charge < -0.3 is 20.1 Å². The molecule has 3 heterocycles. The van der Waals surface area contributed by atoms with Gasteiger partial charge in [-0.25, -0.2) is 4.79 Å². The van der Waals surface area contributed by atoms with Crippen molar-refractivity contribution in [2.75, 3.05) is 26.2 Å². The lowest BCUT2D eigenvalue weighted by atomic mass is 10.3. The summed E-state index contributed by atoms with van der Waals surface area (Å²) in [5.41, 5.74) is 8.50. The minimum Gasteiger partial charge on any atom is -0.351 e. The summed E-state index contributed by atoms with van der Waals surface area (Å²) in [5, 5.41) is 1.95. The standard InChI is InChI=1S/C17H22N4O2S/c1-12-4-5-13(2)21(12)14-6-11-24-15(14)16(22)19-7-3-8-20(10-9-19)17(18)23/h4-6,11H,3,7-10H2,1-2H3,(H2,18,23). The Kier molecular flexibility index (Phi) is 4.62. The first-order valence-electron chi connectivity index (χ1n) is 8.05. The first-order chi connectivity index (χ1) is 11.5. The summed E-state index contributed by atoms with van der Waals surface area (Å²) in [6, 6.07) is 5.68. The number of urea groups is 1. The quantitative estimate of drug-likeness (QED) is 0.907. The molecule has 2 N–H and O–H groups in total. The van der Waals surface area contributed by atoms with Crippen molar-refractivity contribution < 1.29 is 9.59 Å². The number of aryl methyl sites for hydroxylation is 2. The highest BCUT2D eigenvalue weighted by atomic mass is 32.1. The van der Waals surface area contributed by atoms with Gasteiger partial charge >= 0.3 is 6.03 Å². The molecular weight excluding hydrogens is 324 g/mol. The predicted molar refractivity (Wildman–Crippen MR) is 94.8 cm³/mol. The number of hydrogen-bond donors (Lipinski definition) is 1. The topological polar surface area (TPSA) is 71.6 Å². The average molecular weight is 346 g/mol. The van der Waals surface area contributed by atoms with Crippen molar-refractivity contribution in [1.82, 2.24) is 14.4 Å². The number of hydrogen-bond acceptors (Lipinski definition) is 3. The smallest absolute Gasteiger partial charge is 0.314 e. The van der Waals surface area contributed by atoms with E-state index in [4.69, 9.17) is 5.73 Å². The van der Waals surface area contributed by atoms with Gasteiger partial charge in [-0.3, -0.25) is 4.79 Å². The maximum atomic E-state index is 13.0. The summed E-state index contributed by atoms with van der Waals surface area (Å²) in [6.45, 7) is 6.33. The number of thiophene rings is 1. The molecule has 0 radical (unpaired) electrons. The van der Waals surface area contributed by atoms with Crippen LogP contribution in [-0.4, -0.2) is 52.5 Å². The average Bonchev–Trinajstić information content (AvgIpc) is 3.04. The van der Waals surface area contributed by atoms with Crippen LogP contribution < -0.4 is 5.73 Å². The Hall–Kier alpha value is -2.28. The molecule has 0 aliphatic carbocycles. The Morgan fingerprint density at radius 3 is 2.29 bits per heavy atom. The lowest BCUT2D eigenvalue weighted by molar-refractivity contribution is 0.0767. The van der Waals surface area contributed by atoms with E-state index >= 15 is 0 Å².